The van der Waals surface area contributed by atoms with Gasteiger partial charge in [0, 0.05) is 44.4 Å². The summed E-state index contributed by atoms with van der Waals surface area (Å²) in [5.41, 5.74) is 0. The van der Waals surface area contributed by atoms with Gasteiger partial charge in [0.1, 0.15) is 0 Å². The van der Waals surface area contributed by atoms with Gasteiger partial charge < -0.3 is 15.5 Å². The minimum atomic E-state index is -0.0351. The third-order valence-corrected chi connectivity index (χ3v) is 5.30. The van der Waals surface area contributed by atoms with Crippen LogP contribution in [0.15, 0.2) is 0 Å². The summed E-state index contributed by atoms with van der Waals surface area (Å²) in [6.45, 7) is 3.73. The van der Waals surface area contributed by atoms with E-state index in [0.29, 0.717) is 38.5 Å². The van der Waals surface area contributed by atoms with E-state index in [4.69, 9.17) is 0 Å². The van der Waals surface area contributed by atoms with E-state index in [9.17, 15) is 14.4 Å². The Morgan fingerprint density at radius 2 is 1.64 bits per heavy atom. The van der Waals surface area contributed by atoms with Crippen LogP contribution in [0, 0.1) is 5.92 Å². The van der Waals surface area contributed by atoms with E-state index in [1.54, 1.807) is 0 Å². The molecule has 0 atom stereocenters. The molecule has 2 aliphatic rings. The van der Waals surface area contributed by atoms with Crippen molar-refractivity contribution in [2.45, 2.75) is 77.2 Å². The van der Waals surface area contributed by atoms with E-state index in [-0.39, 0.29) is 23.6 Å². The van der Waals surface area contributed by atoms with Crippen LogP contribution in [0.25, 0.3) is 0 Å². The molecule has 0 bridgehead atoms. The molecule has 6 nitrogen and oxygen atoms in total. The molecular weight excluding hydrogens is 318 g/mol. The Kier molecular flexibility index (Phi) is 8.22. The number of carbonyl (C=O) groups excluding carboxylic acids is 3. The van der Waals surface area contributed by atoms with Crippen molar-refractivity contribution in [1.82, 2.24) is 15.5 Å². The molecule has 1 aliphatic heterocycles. The number of piperidine rings is 1. The fourth-order valence-electron chi connectivity index (χ4n) is 3.75. The van der Waals surface area contributed by atoms with E-state index in [0.717, 1.165) is 32.1 Å². The van der Waals surface area contributed by atoms with Crippen LogP contribution in [0.5, 0.6) is 0 Å². The molecule has 2 N–H and O–H groups in total. The molecule has 6 heteroatoms. The van der Waals surface area contributed by atoms with Gasteiger partial charge in [0.15, 0.2) is 0 Å². The number of nitrogens with zero attached hydrogens (tertiary/aromatic N) is 1. The van der Waals surface area contributed by atoms with Crippen molar-refractivity contribution in [3.63, 3.8) is 0 Å². The maximum atomic E-state index is 12.2. The van der Waals surface area contributed by atoms with E-state index < -0.39 is 0 Å². The zero-order valence-electron chi connectivity index (χ0n) is 15.5. The van der Waals surface area contributed by atoms with E-state index in [2.05, 4.69) is 10.6 Å². The zero-order chi connectivity index (χ0) is 18.1. The van der Waals surface area contributed by atoms with E-state index in [1.165, 1.54) is 19.3 Å². The van der Waals surface area contributed by atoms with Crippen LogP contribution < -0.4 is 10.6 Å². The number of amides is 3. The number of nitrogens with one attached hydrogen (secondary N) is 2. The van der Waals surface area contributed by atoms with Crippen molar-refractivity contribution in [2.24, 2.45) is 5.92 Å². The molecule has 3 amide bonds. The lowest BCUT2D eigenvalue weighted by Crippen LogP contribution is -2.43. The lowest BCUT2D eigenvalue weighted by atomic mass is 9.95. The third kappa shape index (κ3) is 6.67. The summed E-state index contributed by atoms with van der Waals surface area (Å²) in [4.78, 5) is 37.9. The summed E-state index contributed by atoms with van der Waals surface area (Å²) in [5.74, 6) is 0.216. The minimum absolute atomic E-state index is 0.0213. The largest absolute Gasteiger partial charge is 0.355 e. The molecule has 1 aliphatic carbocycles. The highest BCUT2D eigenvalue weighted by atomic mass is 16.2. The fraction of sp³-hybridized carbons (Fsp3) is 0.842. The van der Waals surface area contributed by atoms with Crippen LogP contribution in [-0.2, 0) is 14.4 Å². The van der Waals surface area contributed by atoms with Crippen molar-refractivity contribution in [3.8, 4) is 0 Å². The minimum Gasteiger partial charge on any atom is -0.355 e. The normalized spacial score (nSPS) is 19.5. The van der Waals surface area contributed by atoms with Crippen molar-refractivity contribution in [2.75, 3.05) is 19.6 Å². The Hall–Kier alpha value is -1.59. The van der Waals surface area contributed by atoms with Crippen LogP contribution in [0.2, 0.25) is 0 Å². The third-order valence-electron chi connectivity index (χ3n) is 5.30. The molecule has 25 heavy (non-hydrogen) atoms. The Morgan fingerprint density at radius 1 is 0.960 bits per heavy atom. The van der Waals surface area contributed by atoms with Gasteiger partial charge in [0.05, 0.1) is 0 Å². The predicted molar refractivity (Wildman–Crippen MR) is 96.9 cm³/mol. The topological polar surface area (TPSA) is 78.5 Å². The van der Waals surface area contributed by atoms with Crippen LogP contribution in [0.3, 0.4) is 0 Å². The molecule has 2 rings (SSSR count). The van der Waals surface area contributed by atoms with Gasteiger partial charge >= 0.3 is 0 Å². The predicted octanol–water partition coefficient (Wildman–Crippen LogP) is 1.98. The lowest BCUT2D eigenvalue weighted by Gasteiger charge is -2.31. The van der Waals surface area contributed by atoms with Crippen molar-refractivity contribution in [3.05, 3.63) is 0 Å². The Morgan fingerprint density at radius 3 is 2.28 bits per heavy atom. The summed E-state index contributed by atoms with van der Waals surface area (Å²) in [7, 11) is 0. The maximum Gasteiger partial charge on any atom is 0.223 e. The quantitative estimate of drug-likeness (QED) is 0.736. The summed E-state index contributed by atoms with van der Waals surface area (Å²) < 4.78 is 0. The van der Waals surface area contributed by atoms with Gasteiger partial charge in [-0.3, -0.25) is 14.4 Å². The molecule has 2 fully saturated rings. The molecule has 0 aromatic carbocycles. The number of carbonyl (C=O) groups is 3. The average Bonchev–Trinajstić information content (AvgIpc) is 2.63. The van der Waals surface area contributed by atoms with E-state index in [1.807, 2.05) is 11.8 Å². The second kappa shape index (κ2) is 10.4. The molecule has 0 aromatic rings. The highest BCUT2D eigenvalue weighted by Crippen LogP contribution is 2.19. The molecule has 0 radical (unpaired) electrons. The first-order valence-electron chi connectivity index (χ1n) is 9.95. The molecule has 0 spiro atoms. The Bertz CT molecular complexity index is 453. The monoisotopic (exact) mass is 351 g/mol. The van der Waals surface area contributed by atoms with Gasteiger partial charge in [-0.25, -0.2) is 0 Å². The van der Waals surface area contributed by atoms with Gasteiger partial charge in [-0.2, -0.15) is 0 Å². The molecule has 1 saturated heterocycles. The number of likely N-dealkylation sites (tertiary alicyclic amines) is 1. The number of hydrogen-bond acceptors (Lipinski definition) is 3. The Labute approximate surface area is 151 Å². The molecule has 142 valence electrons. The average molecular weight is 351 g/mol. The van der Waals surface area contributed by atoms with Crippen LogP contribution >= 0.6 is 0 Å². The lowest BCUT2D eigenvalue weighted by molar-refractivity contribution is -0.135. The van der Waals surface area contributed by atoms with E-state index >= 15 is 0 Å². The van der Waals surface area contributed by atoms with Gasteiger partial charge in [-0.1, -0.05) is 26.2 Å². The first-order chi connectivity index (χ1) is 12.1. The second-order valence-corrected chi connectivity index (χ2v) is 7.35. The highest BCUT2D eigenvalue weighted by Gasteiger charge is 2.26. The zero-order valence-corrected chi connectivity index (χ0v) is 15.5. The summed E-state index contributed by atoms with van der Waals surface area (Å²) in [6, 6.07) is 0.321. The van der Waals surface area contributed by atoms with Crippen molar-refractivity contribution >= 4 is 17.7 Å². The van der Waals surface area contributed by atoms with Crippen molar-refractivity contribution < 1.29 is 14.4 Å². The fourth-order valence-corrected chi connectivity index (χ4v) is 3.75. The number of hydrogen-bond donors (Lipinski definition) is 2. The standard InChI is InChI=1S/C19H33N3O3/c1-2-6-18(24)22-13-10-15(11-14-22)19(25)20-12-9-17(23)21-16-7-4-3-5-8-16/h15-16H,2-14H2,1H3,(H,20,25)(H,21,23). The van der Waals surface area contributed by atoms with Crippen molar-refractivity contribution in [1.29, 1.82) is 0 Å². The summed E-state index contributed by atoms with van der Waals surface area (Å²) in [6.07, 6.45) is 9.05. The first kappa shape index (κ1) is 19.7. The van der Waals surface area contributed by atoms with Gasteiger partial charge in [-0.05, 0) is 32.1 Å². The molecule has 0 aromatic heterocycles. The molecule has 1 heterocycles. The molecule has 0 unspecified atom stereocenters. The van der Waals surface area contributed by atoms with Crippen LogP contribution in [0.4, 0.5) is 0 Å². The summed E-state index contributed by atoms with van der Waals surface area (Å²) >= 11 is 0. The van der Waals surface area contributed by atoms with Crippen LogP contribution in [-0.4, -0.2) is 48.3 Å². The van der Waals surface area contributed by atoms with Gasteiger partial charge in [-0.15, -0.1) is 0 Å². The number of rotatable bonds is 7. The SMILES string of the molecule is CCCC(=O)N1CCC(C(=O)NCCC(=O)NC2CCCCC2)CC1. The maximum absolute atomic E-state index is 12.2. The second-order valence-electron chi connectivity index (χ2n) is 7.35. The van der Waals surface area contributed by atoms with Gasteiger partial charge in [0.25, 0.3) is 0 Å². The first-order valence-corrected chi connectivity index (χ1v) is 9.95. The highest BCUT2D eigenvalue weighted by molar-refractivity contribution is 5.81. The van der Waals surface area contributed by atoms with Crippen LogP contribution in [0.1, 0.15) is 71.1 Å². The summed E-state index contributed by atoms with van der Waals surface area (Å²) in [5, 5.41) is 5.95. The molecule has 1 saturated carbocycles. The molecular formula is C19H33N3O3. The smallest absolute Gasteiger partial charge is 0.223 e. The van der Waals surface area contributed by atoms with Gasteiger partial charge in [0.2, 0.25) is 17.7 Å². The Balaban J connectivity index is 1.59.